The second-order valence-electron chi connectivity index (χ2n) is 5.26. The van der Waals surface area contributed by atoms with Gasteiger partial charge in [0.1, 0.15) is 0 Å². The zero-order valence-corrected chi connectivity index (χ0v) is 13.0. The van der Waals surface area contributed by atoms with Gasteiger partial charge in [-0.15, -0.1) is 0 Å². The second-order valence-corrected chi connectivity index (χ2v) is 5.26. The summed E-state index contributed by atoms with van der Waals surface area (Å²) in [6.45, 7) is 10.6. The Labute approximate surface area is 118 Å². The molecule has 0 saturated carbocycles. The van der Waals surface area contributed by atoms with Crippen LogP contribution in [0.1, 0.15) is 46.5 Å². The normalized spacial score (nSPS) is 14.5. The summed E-state index contributed by atoms with van der Waals surface area (Å²) in [5.41, 5.74) is -0.00598. The van der Waals surface area contributed by atoms with Gasteiger partial charge in [-0.25, -0.2) is 0 Å². The highest BCUT2D eigenvalue weighted by Crippen LogP contribution is 2.24. The minimum absolute atomic E-state index is 0.00598. The summed E-state index contributed by atoms with van der Waals surface area (Å²) in [5.74, 6) is 0. The Hall–Kier alpha value is -0.160. The quantitative estimate of drug-likeness (QED) is 0.495. The van der Waals surface area contributed by atoms with E-state index in [0.717, 1.165) is 25.9 Å². The number of hydrogen-bond donors (Lipinski definition) is 1. The molecule has 0 aliphatic rings. The molecule has 4 nitrogen and oxygen atoms in total. The summed E-state index contributed by atoms with van der Waals surface area (Å²) in [6, 6.07) is 0. The van der Waals surface area contributed by atoms with Gasteiger partial charge < -0.3 is 19.3 Å². The number of hydrogen-bond acceptors (Lipinski definition) is 4. The molecule has 19 heavy (non-hydrogen) atoms. The molecule has 0 fully saturated rings. The fourth-order valence-electron chi connectivity index (χ4n) is 1.47. The van der Waals surface area contributed by atoms with Crippen LogP contribution >= 0.6 is 0 Å². The topological polar surface area (TPSA) is 47.9 Å². The molecule has 0 saturated heterocycles. The third-order valence-corrected chi connectivity index (χ3v) is 3.47. The third-order valence-electron chi connectivity index (χ3n) is 3.47. The molecule has 4 heteroatoms. The Morgan fingerprint density at radius 1 is 0.842 bits per heavy atom. The molecule has 1 unspecified atom stereocenters. The molecule has 1 atom stereocenters. The molecule has 0 aliphatic heterocycles. The molecule has 0 aromatic rings. The lowest BCUT2D eigenvalue weighted by Gasteiger charge is -2.25. The van der Waals surface area contributed by atoms with Gasteiger partial charge in [0.05, 0.1) is 26.4 Å². The van der Waals surface area contributed by atoms with E-state index in [4.69, 9.17) is 14.2 Å². The van der Waals surface area contributed by atoms with Gasteiger partial charge in [0.25, 0.3) is 0 Å². The monoisotopic (exact) mass is 276 g/mol. The molecular formula is C15H32O4. The van der Waals surface area contributed by atoms with Crippen molar-refractivity contribution in [3.05, 3.63) is 0 Å². The average molecular weight is 276 g/mol. The van der Waals surface area contributed by atoms with Gasteiger partial charge >= 0.3 is 0 Å². The van der Waals surface area contributed by atoms with Gasteiger partial charge in [-0.3, -0.25) is 0 Å². The van der Waals surface area contributed by atoms with Crippen LogP contribution in [-0.2, 0) is 14.2 Å². The van der Waals surface area contributed by atoms with Crippen LogP contribution in [0.3, 0.4) is 0 Å². The Kier molecular flexibility index (Phi) is 12.7. The lowest BCUT2D eigenvalue weighted by molar-refractivity contribution is 0.00426. The van der Waals surface area contributed by atoms with E-state index < -0.39 is 0 Å². The van der Waals surface area contributed by atoms with E-state index in [1.54, 1.807) is 0 Å². The lowest BCUT2D eigenvalue weighted by atomic mass is 9.85. The summed E-state index contributed by atoms with van der Waals surface area (Å²) in [6.07, 6.45) is 4.14. The summed E-state index contributed by atoms with van der Waals surface area (Å²) in [5, 5.41) is 9.25. The summed E-state index contributed by atoms with van der Waals surface area (Å²) >= 11 is 0. The van der Waals surface area contributed by atoms with Crippen LogP contribution in [0.2, 0.25) is 0 Å². The van der Waals surface area contributed by atoms with Crippen molar-refractivity contribution in [1.29, 1.82) is 0 Å². The largest absolute Gasteiger partial charge is 0.396 e. The second kappa shape index (κ2) is 12.9. The van der Waals surface area contributed by atoms with Crippen LogP contribution in [0.25, 0.3) is 0 Å². The van der Waals surface area contributed by atoms with Crippen molar-refractivity contribution in [2.75, 3.05) is 46.2 Å². The van der Waals surface area contributed by atoms with Gasteiger partial charge in [-0.2, -0.15) is 0 Å². The zero-order valence-electron chi connectivity index (χ0n) is 13.0. The molecule has 116 valence electrons. The Morgan fingerprint density at radius 3 is 1.84 bits per heavy atom. The van der Waals surface area contributed by atoms with Crippen LogP contribution in [0.5, 0.6) is 0 Å². The Balaban J connectivity index is 3.19. The van der Waals surface area contributed by atoms with Crippen LogP contribution in [-0.4, -0.2) is 51.4 Å². The van der Waals surface area contributed by atoms with Gasteiger partial charge in [0, 0.05) is 19.8 Å². The van der Waals surface area contributed by atoms with E-state index >= 15 is 0 Å². The van der Waals surface area contributed by atoms with Crippen molar-refractivity contribution in [2.24, 2.45) is 5.41 Å². The van der Waals surface area contributed by atoms with Gasteiger partial charge in [0.15, 0.2) is 0 Å². The van der Waals surface area contributed by atoms with Crippen LogP contribution in [0.4, 0.5) is 0 Å². The molecule has 0 aromatic heterocycles. The smallest absolute Gasteiger partial charge is 0.0701 e. The molecule has 0 aliphatic carbocycles. The third kappa shape index (κ3) is 11.4. The molecule has 0 aromatic carbocycles. The van der Waals surface area contributed by atoms with Crippen LogP contribution in [0, 0.1) is 5.41 Å². The molecule has 0 bridgehead atoms. The minimum Gasteiger partial charge on any atom is -0.396 e. The molecule has 0 rings (SSSR count). The molecular weight excluding hydrogens is 244 g/mol. The van der Waals surface area contributed by atoms with E-state index in [1.165, 1.54) is 6.42 Å². The first-order valence-corrected chi connectivity index (χ1v) is 7.52. The fourth-order valence-corrected chi connectivity index (χ4v) is 1.47. The highest BCUT2D eigenvalue weighted by Gasteiger charge is 2.20. The van der Waals surface area contributed by atoms with E-state index in [0.29, 0.717) is 33.0 Å². The summed E-state index contributed by atoms with van der Waals surface area (Å²) < 4.78 is 16.3. The predicted molar refractivity (Wildman–Crippen MR) is 77.5 cm³/mol. The SMILES string of the molecule is CCCCOCCOCCOCCC(C)(CC)CO. The summed E-state index contributed by atoms with van der Waals surface area (Å²) in [4.78, 5) is 0. The standard InChI is InChI=1S/C15H32O4/c1-4-6-8-17-10-12-19-13-11-18-9-7-15(3,5-2)14-16/h16H,4-14H2,1-3H3. The highest BCUT2D eigenvalue weighted by atomic mass is 16.5. The van der Waals surface area contributed by atoms with Crippen LogP contribution < -0.4 is 0 Å². The first-order chi connectivity index (χ1) is 9.18. The maximum absolute atomic E-state index is 9.25. The first kappa shape index (κ1) is 18.8. The molecule has 0 amide bonds. The van der Waals surface area contributed by atoms with Gasteiger partial charge in [-0.1, -0.05) is 27.2 Å². The fraction of sp³-hybridized carbons (Fsp3) is 1.00. The zero-order chi connectivity index (χ0) is 14.4. The molecule has 0 radical (unpaired) electrons. The maximum Gasteiger partial charge on any atom is 0.0701 e. The Bertz CT molecular complexity index is 181. The number of ether oxygens (including phenoxy) is 3. The predicted octanol–water partition coefficient (Wildman–Crippen LogP) is 2.64. The average Bonchev–Trinajstić information content (AvgIpc) is 2.44. The number of rotatable bonds is 14. The van der Waals surface area contributed by atoms with Crippen molar-refractivity contribution >= 4 is 0 Å². The van der Waals surface area contributed by atoms with Crippen molar-refractivity contribution in [3.8, 4) is 0 Å². The van der Waals surface area contributed by atoms with Gasteiger partial charge in [-0.05, 0) is 24.7 Å². The van der Waals surface area contributed by atoms with E-state index in [9.17, 15) is 5.11 Å². The van der Waals surface area contributed by atoms with Crippen molar-refractivity contribution in [1.82, 2.24) is 0 Å². The Morgan fingerprint density at radius 2 is 1.37 bits per heavy atom. The van der Waals surface area contributed by atoms with E-state index in [2.05, 4.69) is 20.8 Å². The minimum atomic E-state index is -0.00598. The highest BCUT2D eigenvalue weighted by molar-refractivity contribution is 4.70. The molecule has 1 N–H and O–H groups in total. The van der Waals surface area contributed by atoms with E-state index in [1.807, 2.05) is 0 Å². The van der Waals surface area contributed by atoms with Gasteiger partial charge in [0.2, 0.25) is 0 Å². The van der Waals surface area contributed by atoms with Crippen molar-refractivity contribution < 1.29 is 19.3 Å². The maximum atomic E-state index is 9.25. The lowest BCUT2D eigenvalue weighted by Crippen LogP contribution is -2.23. The summed E-state index contributed by atoms with van der Waals surface area (Å²) in [7, 11) is 0. The molecule has 0 heterocycles. The number of aliphatic hydroxyl groups is 1. The number of unbranched alkanes of at least 4 members (excludes halogenated alkanes) is 1. The van der Waals surface area contributed by atoms with Crippen LogP contribution in [0.15, 0.2) is 0 Å². The van der Waals surface area contributed by atoms with Crippen molar-refractivity contribution in [2.45, 2.75) is 46.5 Å². The van der Waals surface area contributed by atoms with E-state index in [-0.39, 0.29) is 12.0 Å². The molecule has 0 spiro atoms. The van der Waals surface area contributed by atoms with Crippen molar-refractivity contribution in [3.63, 3.8) is 0 Å². The number of aliphatic hydroxyl groups excluding tert-OH is 1. The first-order valence-electron chi connectivity index (χ1n) is 7.52.